The van der Waals surface area contributed by atoms with Crippen molar-refractivity contribution in [2.24, 2.45) is 5.92 Å². The second-order valence-electron chi connectivity index (χ2n) is 9.37. The van der Waals surface area contributed by atoms with Crippen molar-refractivity contribution in [3.05, 3.63) is 42.1 Å². The normalized spacial score (nSPS) is 20.8. The van der Waals surface area contributed by atoms with Gasteiger partial charge in [0.2, 0.25) is 11.8 Å². The molecule has 2 N–H and O–H groups in total. The Hall–Kier alpha value is -4.16. The molecule has 186 valence electrons. The summed E-state index contributed by atoms with van der Waals surface area (Å²) in [7, 11) is 1.38. The fourth-order valence-corrected chi connectivity index (χ4v) is 4.26. The SMILES string of the molecule is CN1C(=O)CN(c2cc(C3CC3(F)F)cn3cc(CNc4cc(NC(=O)C5CC5)ncn4)nc23)C1=O. The highest BCUT2D eigenvalue weighted by molar-refractivity contribution is 6.13. The summed E-state index contributed by atoms with van der Waals surface area (Å²) in [5.41, 5.74) is 1.61. The van der Waals surface area contributed by atoms with Gasteiger partial charge in [-0.3, -0.25) is 19.4 Å². The Morgan fingerprint density at radius 3 is 2.58 bits per heavy atom. The Kier molecular flexibility index (Phi) is 4.92. The molecule has 0 aromatic carbocycles. The van der Waals surface area contributed by atoms with Gasteiger partial charge in [-0.2, -0.15) is 0 Å². The van der Waals surface area contributed by atoms with Gasteiger partial charge in [0, 0.05) is 37.8 Å². The van der Waals surface area contributed by atoms with Crippen LogP contribution in [0.3, 0.4) is 0 Å². The smallest absolute Gasteiger partial charge is 0.331 e. The van der Waals surface area contributed by atoms with Gasteiger partial charge < -0.3 is 15.0 Å². The molecule has 3 aliphatic rings. The number of rotatable bonds is 7. The first-order chi connectivity index (χ1) is 17.2. The zero-order valence-electron chi connectivity index (χ0n) is 19.2. The summed E-state index contributed by atoms with van der Waals surface area (Å²) >= 11 is 0. The van der Waals surface area contributed by atoms with Crippen molar-refractivity contribution >= 4 is 40.8 Å². The number of amides is 4. The molecule has 1 unspecified atom stereocenters. The number of halogens is 2. The van der Waals surface area contributed by atoms with Gasteiger partial charge in [0.25, 0.3) is 5.92 Å². The third-order valence-electron chi connectivity index (χ3n) is 6.62. The number of imide groups is 1. The predicted octanol–water partition coefficient (Wildman–Crippen LogP) is 2.61. The Labute approximate surface area is 203 Å². The monoisotopic (exact) mass is 496 g/mol. The Bertz CT molecular complexity index is 1420. The number of carbonyl (C=O) groups excluding carboxylic acids is 3. The van der Waals surface area contributed by atoms with E-state index in [1.54, 1.807) is 22.9 Å². The van der Waals surface area contributed by atoms with Gasteiger partial charge in [0.05, 0.1) is 23.8 Å². The summed E-state index contributed by atoms with van der Waals surface area (Å²) in [6.45, 7) is 0.0437. The minimum atomic E-state index is -2.79. The summed E-state index contributed by atoms with van der Waals surface area (Å²) in [5.74, 6) is -3.29. The number of pyridine rings is 1. The van der Waals surface area contributed by atoms with Crippen LogP contribution in [-0.2, 0) is 16.1 Å². The summed E-state index contributed by atoms with van der Waals surface area (Å²) in [6.07, 6.45) is 6.10. The van der Waals surface area contributed by atoms with E-state index in [1.807, 2.05) is 0 Å². The molecular formula is C23H22F2N8O3. The van der Waals surface area contributed by atoms with E-state index in [2.05, 4.69) is 25.6 Å². The molecule has 3 aromatic heterocycles. The van der Waals surface area contributed by atoms with Crippen LogP contribution in [0.25, 0.3) is 5.65 Å². The average Bonchev–Trinajstić information content (AvgIpc) is 3.74. The lowest BCUT2D eigenvalue weighted by Gasteiger charge is -2.17. The first-order valence-electron chi connectivity index (χ1n) is 11.5. The molecule has 1 atom stereocenters. The van der Waals surface area contributed by atoms with Crippen LogP contribution in [0.1, 0.15) is 36.4 Å². The maximum atomic E-state index is 13.8. The van der Waals surface area contributed by atoms with E-state index in [-0.39, 0.29) is 37.2 Å². The highest BCUT2D eigenvalue weighted by Gasteiger charge is 2.58. The van der Waals surface area contributed by atoms with Crippen molar-refractivity contribution in [1.82, 2.24) is 24.3 Å². The van der Waals surface area contributed by atoms with E-state index in [0.717, 1.165) is 17.7 Å². The molecule has 36 heavy (non-hydrogen) atoms. The van der Waals surface area contributed by atoms with Crippen molar-refractivity contribution in [2.45, 2.75) is 37.6 Å². The number of hydrogen-bond acceptors (Lipinski definition) is 7. The third kappa shape index (κ3) is 3.99. The zero-order valence-corrected chi connectivity index (χ0v) is 19.2. The number of anilines is 3. The van der Waals surface area contributed by atoms with E-state index in [4.69, 9.17) is 0 Å². The fraction of sp³-hybridized carbons (Fsp3) is 0.391. The van der Waals surface area contributed by atoms with E-state index >= 15 is 0 Å². The number of nitrogens with zero attached hydrogens (tertiary/aromatic N) is 6. The molecule has 1 saturated heterocycles. The van der Waals surface area contributed by atoms with Crippen LogP contribution in [0, 0.1) is 5.92 Å². The highest BCUT2D eigenvalue weighted by Crippen LogP contribution is 2.56. The molecule has 2 saturated carbocycles. The van der Waals surface area contributed by atoms with Gasteiger partial charge in [-0.1, -0.05) is 0 Å². The van der Waals surface area contributed by atoms with Crippen molar-refractivity contribution in [3.63, 3.8) is 0 Å². The van der Waals surface area contributed by atoms with Crippen LogP contribution in [0.15, 0.2) is 30.9 Å². The number of carbonyl (C=O) groups is 3. The fourth-order valence-electron chi connectivity index (χ4n) is 4.26. The number of hydrogen-bond donors (Lipinski definition) is 2. The van der Waals surface area contributed by atoms with Crippen LogP contribution in [-0.4, -0.2) is 61.6 Å². The van der Waals surface area contributed by atoms with Crippen LogP contribution < -0.4 is 15.5 Å². The second kappa shape index (κ2) is 7.93. The van der Waals surface area contributed by atoms with Gasteiger partial charge in [-0.05, 0) is 24.5 Å². The molecule has 0 spiro atoms. The maximum Gasteiger partial charge on any atom is 0.331 e. The predicted molar refractivity (Wildman–Crippen MR) is 124 cm³/mol. The molecule has 6 rings (SSSR count). The minimum absolute atomic E-state index is 0.0431. The summed E-state index contributed by atoms with van der Waals surface area (Å²) in [4.78, 5) is 51.8. The number of imidazole rings is 1. The minimum Gasteiger partial charge on any atom is -0.364 e. The van der Waals surface area contributed by atoms with Crippen LogP contribution in [0.5, 0.6) is 0 Å². The van der Waals surface area contributed by atoms with Crippen LogP contribution in [0.4, 0.5) is 30.9 Å². The Morgan fingerprint density at radius 2 is 1.92 bits per heavy atom. The first-order valence-corrected chi connectivity index (χ1v) is 11.5. The molecule has 11 nitrogen and oxygen atoms in total. The Morgan fingerprint density at radius 1 is 1.17 bits per heavy atom. The second-order valence-corrected chi connectivity index (χ2v) is 9.37. The lowest BCUT2D eigenvalue weighted by Crippen LogP contribution is -2.30. The summed E-state index contributed by atoms with van der Waals surface area (Å²) in [6, 6.07) is 2.60. The molecule has 3 aromatic rings. The summed E-state index contributed by atoms with van der Waals surface area (Å²) in [5, 5.41) is 5.88. The number of fused-ring (bicyclic) bond motifs is 1. The maximum absolute atomic E-state index is 13.8. The number of nitrogens with one attached hydrogen (secondary N) is 2. The number of urea groups is 1. The molecular weight excluding hydrogens is 474 g/mol. The van der Waals surface area contributed by atoms with E-state index in [9.17, 15) is 23.2 Å². The zero-order chi connectivity index (χ0) is 25.2. The largest absolute Gasteiger partial charge is 0.364 e. The Balaban J connectivity index is 1.27. The van der Waals surface area contributed by atoms with Crippen molar-refractivity contribution in [3.8, 4) is 0 Å². The van der Waals surface area contributed by atoms with Gasteiger partial charge in [-0.25, -0.2) is 28.5 Å². The molecule has 13 heteroatoms. The number of likely N-dealkylation sites (N-methyl/N-ethyl adjacent to an activating group) is 1. The van der Waals surface area contributed by atoms with Gasteiger partial charge in [-0.15, -0.1) is 0 Å². The standard InChI is InChI=1S/C23H22F2N8O3/c1-31-19(34)10-33(22(31)36)16-4-13(15-6-23(15,24)25)8-32-9-14(29-20(16)32)7-26-17-5-18(28-11-27-17)30-21(35)12-2-3-12/h4-5,8-9,11-12,15H,2-3,6-7,10H2,1H3,(H2,26,27,28,30,35). The lowest BCUT2D eigenvalue weighted by atomic mass is 10.1. The average molecular weight is 496 g/mol. The molecule has 1 aliphatic heterocycles. The van der Waals surface area contributed by atoms with Gasteiger partial charge in [0.15, 0.2) is 5.65 Å². The van der Waals surface area contributed by atoms with Crippen molar-refractivity contribution < 1.29 is 23.2 Å². The van der Waals surface area contributed by atoms with Gasteiger partial charge in [0.1, 0.15) is 24.5 Å². The van der Waals surface area contributed by atoms with Crippen LogP contribution in [0.2, 0.25) is 0 Å². The molecule has 4 amide bonds. The quantitative estimate of drug-likeness (QED) is 0.482. The first kappa shape index (κ1) is 22.3. The lowest BCUT2D eigenvalue weighted by molar-refractivity contribution is -0.124. The topological polar surface area (TPSA) is 125 Å². The number of alkyl halides is 2. The van der Waals surface area contributed by atoms with Crippen molar-refractivity contribution in [2.75, 3.05) is 29.1 Å². The number of aromatic nitrogens is 4. The summed E-state index contributed by atoms with van der Waals surface area (Å²) < 4.78 is 29.3. The van der Waals surface area contributed by atoms with Gasteiger partial charge >= 0.3 is 6.03 Å². The molecule has 2 aliphatic carbocycles. The molecule has 3 fully saturated rings. The molecule has 0 radical (unpaired) electrons. The van der Waals surface area contributed by atoms with Crippen molar-refractivity contribution in [1.29, 1.82) is 0 Å². The van der Waals surface area contributed by atoms with E-state index in [1.165, 1.54) is 24.3 Å². The highest BCUT2D eigenvalue weighted by atomic mass is 19.3. The molecule has 0 bridgehead atoms. The van der Waals surface area contributed by atoms with E-state index in [0.29, 0.717) is 34.2 Å². The van der Waals surface area contributed by atoms with E-state index < -0.39 is 17.9 Å². The molecule has 4 heterocycles. The third-order valence-corrected chi connectivity index (χ3v) is 6.62. The van der Waals surface area contributed by atoms with Crippen LogP contribution >= 0.6 is 0 Å².